The molecule has 0 saturated carbocycles. The van der Waals surface area contributed by atoms with Gasteiger partial charge in [0.25, 0.3) is 0 Å². The molecular formula is C23H23N5O4S. The first-order valence-electron chi connectivity index (χ1n) is 10.8. The lowest BCUT2D eigenvalue weighted by Crippen LogP contribution is -2.45. The Morgan fingerprint density at radius 3 is 2.85 bits per heavy atom. The van der Waals surface area contributed by atoms with Crippen molar-refractivity contribution in [1.82, 2.24) is 15.1 Å². The fourth-order valence-corrected chi connectivity index (χ4v) is 4.77. The summed E-state index contributed by atoms with van der Waals surface area (Å²) in [6.45, 7) is 2.76. The van der Waals surface area contributed by atoms with E-state index in [1.54, 1.807) is 4.90 Å². The van der Waals surface area contributed by atoms with Gasteiger partial charge in [-0.05, 0) is 49.1 Å². The number of para-hydroxylation sites is 1. The Kier molecular flexibility index (Phi) is 5.82. The van der Waals surface area contributed by atoms with Crippen LogP contribution in [0.4, 0.5) is 15.6 Å². The third-order valence-corrected chi connectivity index (χ3v) is 6.62. The Hall–Kier alpha value is -3.66. The summed E-state index contributed by atoms with van der Waals surface area (Å²) in [4.78, 5) is 27.5. The maximum atomic E-state index is 13.0. The molecule has 1 saturated heterocycles. The summed E-state index contributed by atoms with van der Waals surface area (Å²) in [6, 6.07) is 12.4. The number of ether oxygens (including phenoxy) is 2. The first-order chi connectivity index (χ1) is 16.1. The summed E-state index contributed by atoms with van der Waals surface area (Å²) in [5, 5.41) is 15.1. The Morgan fingerprint density at radius 1 is 1.12 bits per heavy atom. The lowest BCUT2D eigenvalue weighted by atomic mass is 10.1. The number of nitrogens with zero attached hydrogens (tertiary/aromatic N) is 3. The van der Waals surface area contributed by atoms with E-state index in [1.165, 1.54) is 11.3 Å². The number of anilines is 2. The number of nitrogens with one attached hydrogen (secondary N) is 2. The molecule has 170 valence electrons. The first kappa shape index (κ1) is 21.2. The molecule has 2 aromatic carbocycles. The summed E-state index contributed by atoms with van der Waals surface area (Å²) in [5.74, 6) is 1.09. The molecule has 33 heavy (non-hydrogen) atoms. The predicted octanol–water partition coefficient (Wildman–Crippen LogP) is 4.13. The molecule has 2 N–H and O–H groups in total. The Labute approximate surface area is 194 Å². The summed E-state index contributed by atoms with van der Waals surface area (Å²) in [6.07, 6.45) is 2.17. The van der Waals surface area contributed by atoms with Crippen molar-refractivity contribution in [2.75, 3.05) is 24.0 Å². The summed E-state index contributed by atoms with van der Waals surface area (Å²) >= 11 is 1.27. The third kappa shape index (κ3) is 4.34. The van der Waals surface area contributed by atoms with E-state index < -0.39 is 6.04 Å². The van der Waals surface area contributed by atoms with Gasteiger partial charge in [0.1, 0.15) is 11.0 Å². The Bertz CT molecular complexity index is 1200. The second kappa shape index (κ2) is 9.07. The monoisotopic (exact) mass is 465 g/mol. The first-order valence-corrected chi connectivity index (χ1v) is 11.6. The van der Waals surface area contributed by atoms with Crippen LogP contribution in [0.25, 0.3) is 10.6 Å². The molecule has 2 aliphatic rings. The number of rotatable bonds is 5. The van der Waals surface area contributed by atoms with Gasteiger partial charge in [-0.15, -0.1) is 10.2 Å². The molecule has 10 heteroatoms. The zero-order valence-corrected chi connectivity index (χ0v) is 18.9. The second-order valence-corrected chi connectivity index (χ2v) is 8.74. The number of benzene rings is 2. The molecule has 1 aromatic heterocycles. The van der Waals surface area contributed by atoms with Gasteiger partial charge in [-0.1, -0.05) is 36.5 Å². The van der Waals surface area contributed by atoms with E-state index in [2.05, 4.69) is 20.8 Å². The Morgan fingerprint density at radius 2 is 1.97 bits per heavy atom. The van der Waals surface area contributed by atoms with Gasteiger partial charge in [0.05, 0.1) is 0 Å². The lowest BCUT2D eigenvalue weighted by molar-refractivity contribution is -0.119. The highest BCUT2D eigenvalue weighted by molar-refractivity contribution is 7.18. The van der Waals surface area contributed by atoms with Crippen LogP contribution in [0.3, 0.4) is 0 Å². The van der Waals surface area contributed by atoms with E-state index in [0.717, 1.165) is 29.7 Å². The van der Waals surface area contributed by atoms with Crippen LogP contribution in [0.2, 0.25) is 0 Å². The van der Waals surface area contributed by atoms with Gasteiger partial charge >= 0.3 is 6.03 Å². The fraction of sp³-hybridized carbons (Fsp3) is 0.304. The van der Waals surface area contributed by atoms with E-state index >= 15 is 0 Å². The highest BCUT2D eigenvalue weighted by Crippen LogP contribution is 2.37. The van der Waals surface area contributed by atoms with Gasteiger partial charge in [-0.25, -0.2) is 4.79 Å². The summed E-state index contributed by atoms with van der Waals surface area (Å²) < 4.78 is 10.7. The van der Waals surface area contributed by atoms with Gasteiger partial charge in [-0.2, -0.15) is 0 Å². The average molecular weight is 466 g/mol. The van der Waals surface area contributed by atoms with Crippen LogP contribution in [-0.2, 0) is 11.2 Å². The molecule has 0 bridgehead atoms. The number of urea groups is 1. The van der Waals surface area contributed by atoms with Crippen molar-refractivity contribution < 1.29 is 19.1 Å². The van der Waals surface area contributed by atoms with Crippen LogP contribution in [0, 0.1) is 0 Å². The van der Waals surface area contributed by atoms with Crippen LogP contribution in [-0.4, -0.2) is 46.4 Å². The van der Waals surface area contributed by atoms with Crippen molar-refractivity contribution in [3.8, 4) is 22.1 Å². The molecule has 9 nitrogen and oxygen atoms in total. The summed E-state index contributed by atoms with van der Waals surface area (Å²) in [7, 11) is 0. The molecule has 0 unspecified atom stereocenters. The van der Waals surface area contributed by atoms with E-state index in [1.807, 2.05) is 49.4 Å². The van der Waals surface area contributed by atoms with E-state index in [4.69, 9.17) is 9.47 Å². The van der Waals surface area contributed by atoms with Crippen LogP contribution in [0.5, 0.6) is 11.5 Å². The number of carbonyl (C=O) groups excluding carboxylic acids is 2. The maximum Gasteiger partial charge on any atom is 0.322 e. The van der Waals surface area contributed by atoms with Crippen molar-refractivity contribution in [1.29, 1.82) is 0 Å². The highest BCUT2D eigenvalue weighted by atomic mass is 32.1. The largest absolute Gasteiger partial charge is 0.454 e. The number of amides is 3. The van der Waals surface area contributed by atoms with E-state index in [-0.39, 0.29) is 18.7 Å². The molecule has 0 radical (unpaired) electrons. The fourth-order valence-electron chi connectivity index (χ4n) is 4.03. The number of hydrogen-bond donors (Lipinski definition) is 2. The molecule has 0 spiro atoms. The van der Waals surface area contributed by atoms with Crippen molar-refractivity contribution in [2.24, 2.45) is 0 Å². The minimum absolute atomic E-state index is 0.200. The van der Waals surface area contributed by atoms with E-state index in [0.29, 0.717) is 34.6 Å². The summed E-state index contributed by atoms with van der Waals surface area (Å²) in [5.41, 5.74) is 2.65. The molecule has 1 atom stereocenters. The minimum Gasteiger partial charge on any atom is -0.454 e. The molecule has 3 heterocycles. The van der Waals surface area contributed by atoms with Crippen LogP contribution < -0.4 is 20.1 Å². The third-order valence-electron chi connectivity index (χ3n) is 5.73. The number of aryl methyl sites for hydroxylation is 1. The number of aromatic nitrogens is 2. The van der Waals surface area contributed by atoms with Crippen molar-refractivity contribution in [2.45, 2.75) is 32.2 Å². The zero-order chi connectivity index (χ0) is 22.8. The maximum absolute atomic E-state index is 13.0. The number of likely N-dealkylation sites (tertiary alicyclic amines) is 1. The smallest absolute Gasteiger partial charge is 0.322 e. The van der Waals surface area contributed by atoms with Gasteiger partial charge in [0.2, 0.25) is 17.8 Å². The molecule has 3 aromatic rings. The topological polar surface area (TPSA) is 106 Å². The SMILES string of the molecule is CCc1ccccc1NC(=O)N1CCC[C@H]1C(=O)Nc1nnc(-c2ccc3c(c2)OCO3)s1. The number of fused-ring (bicyclic) bond motifs is 1. The van der Waals surface area contributed by atoms with Gasteiger partial charge in [-0.3, -0.25) is 10.1 Å². The molecule has 5 rings (SSSR count). The zero-order valence-electron chi connectivity index (χ0n) is 18.0. The average Bonchev–Trinajstić information content (AvgIpc) is 3.59. The van der Waals surface area contributed by atoms with E-state index in [9.17, 15) is 9.59 Å². The van der Waals surface area contributed by atoms with Gasteiger partial charge < -0.3 is 19.7 Å². The number of carbonyl (C=O) groups is 2. The minimum atomic E-state index is -0.559. The standard InChI is InChI=1S/C23H23N5O4S/c1-2-14-6-3-4-7-16(14)24-23(30)28-11-5-8-17(28)20(29)25-22-27-26-21(33-22)15-9-10-18-19(12-15)32-13-31-18/h3-4,6-7,9-10,12,17H,2,5,8,11,13H2,1H3,(H,24,30)(H,25,27,29)/t17-/m0/s1. The number of hydrogen-bond acceptors (Lipinski definition) is 7. The molecule has 1 fully saturated rings. The van der Waals surface area contributed by atoms with Crippen molar-refractivity contribution >= 4 is 34.1 Å². The molecule has 2 aliphatic heterocycles. The highest BCUT2D eigenvalue weighted by Gasteiger charge is 2.35. The van der Waals surface area contributed by atoms with Crippen LogP contribution in [0.15, 0.2) is 42.5 Å². The lowest BCUT2D eigenvalue weighted by Gasteiger charge is -2.24. The molecular weight excluding hydrogens is 442 g/mol. The van der Waals surface area contributed by atoms with Crippen LogP contribution >= 0.6 is 11.3 Å². The van der Waals surface area contributed by atoms with Crippen LogP contribution in [0.1, 0.15) is 25.3 Å². The normalized spacial score (nSPS) is 16.6. The van der Waals surface area contributed by atoms with Crippen molar-refractivity contribution in [3.63, 3.8) is 0 Å². The second-order valence-electron chi connectivity index (χ2n) is 7.76. The molecule has 0 aliphatic carbocycles. The van der Waals surface area contributed by atoms with Gasteiger partial charge in [0.15, 0.2) is 11.5 Å². The Balaban J connectivity index is 1.25. The van der Waals surface area contributed by atoms with Crippen molar-refractivity contribution in [3.05, 3.63) is 48.0 Å². The van der Waals surface area contributed by atoms with Gasteiger partial charge in [0, 0.05) is 17.8 Å². The predicted molar refractivity (Wildman–Crippen MR) is 125 cm³/mol. The molecule has 3 amide bonds. The quantitative estimate of drug-likeness (QED) is 0.587.